The molecule has 0 spiro atoms. The maximum atomic E-state index is 5.86. The summed E-state index contributed by atoms with van der Waals surface area (Å²) in [5.74, 6) is 1.59. The quantitative estimate of drug-likeness (QED) is 0.319. The first kappa shape index (κ1) is 23.3. The summed E-state index contributed by atoms with van der Waals surface area (Å²) in [7, 11) is 0. The van der Waals surface area contributed by atoms with E-state index in [1.54, 1.807) is 0 Å². The van der Waals surface area contributed by atoms with Crippen LogP contribution in [0.4, 0.5) is 0 Å². The topological polar surface area (TPSA) is 70.5 Å². The number of nitrogens with two attached hydrogens (primary N) is 2. The molecule has 0 radical (unpaired) electrons. The summed E-state index contributed by atoms with van der Waals surface area (Å²) in [6.07, 6.45) is 0. The third-order valence-corrected chi connectivity index (χ3v) is 5.39. The van der Waals surface area contributed by atoms with Gasteiger partial charge in [0, 0.05) is 13.1 Å². The minimum Gasteiger partial charge on any atom is -0.492 e. The normalized spacial score (nSPS) is 11.6. The van der Waals surface area contributed by atoms with E-state index in [0.29, 0.717) is 26.3 Å². The lowest BCUT2D eigenvalue weighted by Gasteiger charge is -2.19. The average Bonchev–Trinajstić information content (AvgIpc) is 2.90. The van der Waals surface area contributed by atoms with E-state index >= 15 is 0 Å². The first-order valence-electron chi connectivity index (χ1n) is 11.5. The molecule has 0 unspecified atom stereocenters. The van der Waals surface area contributed by atoms with Crippen molar-refractivity contribution in [2.24, 2.45) is 11.5 Å². The lowest BCUT2D eigenvalue weighted by Crippen LogP contribution is -2.10. The zero-order valence-corrected chi connectivity index (χ0v) is 19.2. The van der Waals surface area contributed by atoms with E-state index in [2.05, 4.69) is 72.8 Å². The Hall–Kier alpha value is -3.86. The molecule has 4 aromatic rings. The van der Waals surface area contributed by atoms with E-state index in [0.717, 1.165) is 44.9 Å². The Balaban J connectivity index is 1.98. The van der Waals surface area contributed by atoms with Crippen molar-refractivity contribution < 1.29 is 9.47 Å². The minimum absolute atomic E-state index is 0.469. The molecule has 0 aliphatic rings. The maximum Gasteiger partial charge on any atom is 0.119 e. The van der Waals surface area contributed by atoms with Crippen molar-refractivity contribution in [1.82, 2.24) is 0 Å². The van der Waals surface area contributed by atoms with Gasteiger partial charge in [0.2, 0.25) is 0 Å². The van der Waals surface area contributed by atoms with E-state index in [1.807, 2.05) is 36.4 Å². The van der Waals surface area contributed by atoms with Crippen molar-refractivity contribution in [3.05, 3.63) is 131 Å². The van der Waals surface area contributed by atoms with Crippen LogP contribution in [0.1, 0.15) is 22.3 Å². The lowest BCUT2D eigenvalue weighted by atomic mass is 9.85. The van der Waals surface area contributed by atoms with Crippen molar-refractivity contribution in [1.29, 1.82) is 0 Å². The van der Waals surface area contributed by atoms with Gasteiger partial charge in [-0.05, 0) is 57.7 Å². The van der Waals surface area contributed by atoms with E-state index in [1.165, 1.54) is 0 Å². The Morgan fingerprint density at radius 2 is 0.853 bits per heavy atom. The van der Waals surface area contributed by atoms with Gasteiger partial charge < -0.3 is 20.9 Å². The van der Waals surface area contributed by atoms with Crippen LogP contribution in [0.2, 0.25) is 0 Å². The highest BCUT2D eigenvalue weighted by Gasteiger charge is 2.17. The predicted molar refractivity (Wildman–Crippen MR) is 140 cm³/mol. The highest BCUT2D eigenvalue weighted by molar-refractivity contribution is 6.04. The molecule has 0 fully saturated rings. The van der Waals surface area contributed by atoms with E-state index in [4.69, 9.17) is 20.9 Å². The van der Waals surface area contributed by atoms with Crippen LogP contribution >= 0.6 is 0 Å². The van der Waals surface area contributed by atoms with Crippen molar-refractivity contribution >= 4 is 11.1 Å². The molecule has 4 N–H and O–H groups in total. The zero-order chi connectivity index (χ0) is 23.6. The Morgan fingerprint density at radius 1 is 0.471 bits per heavy atom. The largest absolute Gasteiger partial charge is 0.492 e. The summed E-state index contributed by atoms with van der Waals surface area (Å²) in [5.41, 5.74) is 17.9. The summed E-state index contributed by atoms with van der Waals surface area (Å²) in [6, 6.07) is 37.2. The van der Waals surface area contributed by atoms with Gasteiger partial charge in [-0.3, -0.25) is 0 Å². The first-order chi connectivity index (χ1) is 16.8. The molecule has 0 aliphatic carbocycles. The van der Waals surface area contributed by atoms with E-state index in [-0.39, 0.29) is 0 Å². The second-order valence-corrected chi connectivity index (χ2v) is 7.81. The fraction of sp³-hybridized carbons (Fsp3) is 0.133. The SMILES string of the molecule is NCCOc1cccc(/C(=C(\c2ccccc2)c2cccc(OCCN)c2)c2ccccc2)c1. The van der Waals surface area contributed by atoms with Crippen LogP contribution in [0.5, 0.6) is 11.5 Å². The molecular weight excluding hydrogens is 420 g/mol. The Labute approximate surface area is 201 Å². The van der Waals surface area contributed by atoms with Crippen LogP contribution in [-0.4, -0.2) is 26.3 Å². The Morgan fingerprint density at radius 3 is 1.24 bits per heavy atom. The van der Waals surface area contributed by atoms with Gasteiger partial charge in [-0.1, -0.05) is 84.9 Å². The smallest absolute Gasteiger partial charge is 0.119 e. The van der Waals surface area contributed by atoms with Gasteiger partial charge in [0.1, 0.15) is 24.7 Å². The van der Waals surface area contributed by atoms with Crippen molar-refractivity contribution in [3.63, 3.8) is 0 Å². The Bertz CT molecular complexity index is 1120. The van der Waals surface area contributed by atoms with Crippen LogP contribution in [0.25, 0.3) is 11.1 Å². The first-order valence-corrected chi connectivity index (χ1v) is 11.5. The van der Waals surface area contributed by atoms with Gasteiger partial charge in [-0.15, -0.1) is 0 Å². The standard InChI is InChI=1S/C30H30N2O2/c31-17-19-33-27-15-7-13-25(21-27)29(23-9-3-1-4-10-23)30(24-11-5-2-6-12-24)26-14-8-16-28(22-26)34-20-18-32/h1-16,21-22H,17-20,31-32H2/b30-29+. The zero-order valence-electron chi connectivity index (χ0n) is 19.2. The van der Waals surface area contributed by atoms with Crippen LogP contribution in [0.3, 0.4) is 0 Å². The fourth-order valence-corrected chi connectivity index (χ4v) is 3.96. The van der Waals surface area contributed by atoms with E-state index in [9.17, 15) is 0 Å². The minimum atomic E-state index is 0.469. The molecule has 4 rings (SSSR count). The molecule has 4 aromatic carbocycles. The van der Waals surface area contributed by atoms with Crippen molar-refractivity contribution in [3.8, 4) is 11.5 Å². The fourth-order valence-electron chi connectivity index (χ4n) is 3.96. The molecule has 4 heteroatoms. The molecule has 0 aromatic heterocycles. The maximum absolute atomic E-state index is 5.86. The molecule has 0 aliphatic heterocycles. The third-order valence-electron chi connectivity index (χ3n) is 5.39. The lowest BCUT2D eigenvalue weighted by molar-refractivity contribution is 0.328. The summed E-state index contributed by atoms with van der Waals surface area (Å²) in [4.78, 5) is 0. The summed E-state index contributed by atoms with van der Waals surface area (Å²) in [5, 5.41) is 0. The van der Waals surface area contributed by atoms with Crippen LogP contribution in [0.15, 0.2) is 109 Å². The summed E-state index contributed by atoms with van der Waals surface area (Å²) < 4.78 is 11.7. The summed E-state index contributed by atoms with van der Waals surface area (Å²) in [6.45, 7) is 1.88. The van der Waals surface area contributed by atoms with Gasteiger partial charge in [-0.2, -0.15) is 0 Å². The van der Waals surface area contributed by atoms with Crippen molar-refractivity contribution in [2.75, 3.05) is 26.3 Å². The number of hydrogen-bond donors (Lipinski definition) is 2. The molecule has 0 heterocycles. The van der Waals surface area contributed by atoms with Gasteiger partial charge in [0.05, 0.1) is 0 Å². The molecule has 0 saturated heterocycles. The number of benzene rings is 4. The predicted octanol–water partition coefficient (Wildman–Crippen LogP) is 5.37. The number of rotatable bonds is 10. The molecule has 34 heavy (non-hydrogen) atoms. The van der Waals surface area contributed by atoms with Crippen LogP contribution < -0.4 is 20.9 Å². The molecule has 0 amide bonds. The second-order valence-electron chi connectivity index (χ2n) is 7.81. The molecule has 0 saturated carbocycles. The van der Waals surface area contributed by atoms with Crippen LogP contribution in [0, 0.1) is 0 Å². The average molecular weight is 451 g/mol. The van der Waals surface area contributed by atoms with Gasteiger partial charge in [-0.25, -0.2) is 0 Å². The van der Waals surface area contributed by atoms with Gasteiger partial charge in [0.15, 0.2) is 0 Å². The highest BCUT2D eigenvalue weighted by atomic mass is 16.5. The Kier molecular flexibility index (Phi) is 8.12. The molecule has 0 atom stereocenters. The number of ether oxygens (including phenoxy) is 2. The third kappa shape index (κ3) is 5.73. The molecular formula is C30H30N2O2. The molecule has 4 nitrogen and oxygen atoms in total. The van der Waals surface area contributed by atoms with Crippen molar-refractivity contribution in [2.45, 2.75) is 0 Å². The van der Waals surface area contributed by atoms with Crippen LogP contribution in [-0.2, 0) is 0 Å². The second kappa shape index (κ2) is 11.8. The van der Waals surface area contributed by atoms with E-state index < -0.39 is 0 Å². The molecule has 0 bridgehead atoms. The number of hydrogen-bond acceptors (Lipinski definition) is 4. The monoisotopic (exact) mass is 450 g/mol. The van der Waals surface area contributed by atoms with Gasteiger partial charge in [0.25, 0.3) is 0 Å². The van der Waals surface area contributed by atoms with Gasteiger partial charge >= 0.3 is 0 Å². The molecule has 172 valence electrons. The summed E-state index contributed by atoms with van der Waals surface area (Å²) >= 11 is 0. The highest BCUT2D eigenvalue weighted by Crippen LogP contribution is 2.38.